The predicted octanol–water partition coefficient (Wildman–Crippen LogP) is 2.56. The van der Waals surface area contributed by atoms with Crippen molar-refractivity contribution >= 4 is 11.7 Å². The molecule has 1 aromatic carbocycles. The van der Waals surface area contributed by atoms with Crippen molar-refractivity contribution in [2.75, 3.05) is 11.9 Å². The first kappa shape index (κ1) is 13.8. The summed E-state index contributed by atoms with van der Waals surface area (Å²) in [5.41, 5.74) is 6.13. The second-order valence-corrected chi connectivity index (χ2v) is 5.03. The van der Waals surface area contributed by atoms with E-state index in [-0.39, 0.29) is 23.8 Å². The van der Waals surface area contributed by atoms with E-state index in [9.17, 15) is 9.18 Å². The van der Waals surface area contributed by atoms with Crippen LogP contribution in [0.3, 0.4) is 0 Å². The smallest absolute Gasteiger partial charge is 0.322 e. The topological polar surface area (TPSA) is 58.4 Å². The molecule has 5 heteroatoms. The number of halogens is 1. The Morgan fingerprint density at radius 3 is 2.89 bits per heavy atom. The highest BCUT2D eigenvalue weighted by atomic mass is 19.1. The predicted molar refractivity (Wildman–Crippen MR) is 73.4 cm³/mol. The highest BCUT2D eigenvalue weighted by Gasteiger charge is 2.29. The zero-order chi connectivity index (χ0) is 13.8. The summed E-state index contributed by atoms with van der Waals surface area (Å²) in [5.74, 6) is -0.426. The van der Waals surface area contributed by atoms with E-state index in [1.807, 2.05) is 6.92 Å². The van der Waals surface area contributed by atoms with Crippen LogP contribution >= 0.6 is 0 Å². The maximum atomic E-state index is 13.5. The Kier molecular flexibility index (Phi) is 4.37. The Bertz CT molecular complexity index is 450. The summed E-state index contributed by atoms with van der Waals surface area (Å²) in [7, 11) is 0. The van der Waals surface area contributed by atoms with Crippen molar-refractivity contribution in [3.8, 4) is 0 Å². The van der Waals surface area contributed by atoms with E-state index in [1.165, 1.54) is 6.07 Å². The summed E-state index contributed by atoms with van der Waals surface area (Å²) < 4.78 is 13.5. The number of carbonyl (C=O) groups is 1. The van der Waals surface area contributed by atoms with Gasteiger partial charge in [-0.3, -0.25) is 0 Å². The van der Waals surface area contributed by atoms with Gasteiger partial charge in [0.15, 0.2) is 0 Å². The molecule has 19 heavy (non-hydrogen) atoms. The number of rotatable bonds is 2. The van der Waals surface area contributed by atoms with E-state index >= 15 is 0 Å². The molecule has 0 bridgehead atoms. The summed E-state index contributed by atoms with van der Waals surface area (Å²) in [5, 5.41) is 2.62. The van der Waals surface area contributed by atoms with E-state index in [0.717, 1.165) is 19.3 Å². The fraction of sp³-hybridized carbons (Fsp3) is 0.500. The van der Waals surface area contributed by atoms with Crippen molar-refractivity contribution in [2.45, 2.75) is 38.3 Å². The molecule has 2 atom stereocenters. The van der Waals surface area contributed by atoms with Crippen LogP contribution in [0.4, 0.5) is 14.9 Å². The number of urea groups is 1. The van der Waals surface area contributed by atoms with Gasteiger partial charge in [-0.1, -0.05) is 12.1 Å². The first-order valence-corrected chi connectivity index (χ1v) is 6.67. The number of benzene rings is 1. The lowest BCUT2D eigenvalue weighted by Gasteiger charge is -2.37. The van der Waals surface area contributed by atoms with Gasteiger partial charge in [0, 0.05) is 18.6 Å². The molecule has 0 radical (unpaired) electrons. The fourth-order valence-electron chi connectivity index (χ4n) is 2.51. The number of likely N-dealkylation sites (tertiary alicyclic amines) is 1. The van der Waals surface area contributed by atoms with Gasteiger partial charge in [-0.25, -0.2) is 9.18 Å². The molecule has 1 aromatic rings. The Labute approximate surface area is 112 Å². The molecule has 0 spiro atoms. The molecule has 104 valence electrons. The molecule has 2 rings (SSSR count). The Morgan fingerprint density at radius 2 is 2.21 bits per heavy atom. The molecular formula is C14H20FN3O. The maximum Gasteiger partial charge on any atom is 0.322 e. The number of nitrogens with one attached hydrogen (secondary N) is 1. The van der Waals surface area contributed by atoms with Crippen LogP contribution in [0.2, 0.25) is 0 Å². The fourth-order valence-corrected chi connectivity index (χ4v) is 2.51. The monoisotopic (exact) mass is 265 g/mol. The van der Waals surface area contributed by atoms with Crippen molar-refractivity contribution in [1.29, 1.82) is 0 Å². The molecule has 0 saturated carbocycles. The minimum atomic E-state index is -0.426. The highest BCUT2D eigenvalue weighted by Crippen LogP contribution is 2.21. The van der Waals surface area contributed by atoms with Crippen molar-refractivity contribution < 1.29 is 9.18 Å². The van der Waals surface area contributed by atoms with Crippen LogP contribution in [0, 0.1) is 5.82 Å². The van der Waals surface area contributed by atoms with Gasteiger partial charge in [0.25, 0.3) is 0 Å². The van der Waals surface area contributed by atoms with Gasteiger partial charge in [0.1, 0.15) is 5.82 Å². The third kappa shape index (κ3) is 3.23. The van der Waals surface area contributed by atoms with E-state index in [0.29, 0.717) is 6.54 Å². The second kappa shape index (κ2) is 6.02. The largest absolute Gasteiger partial charge is 0.326 e. The molecule has 1 aliphatic heterocycles. The van der Waals surface area contributed by atoms with Gasteiger partial charge in [-0.05, 0) is 38.3 Å². The standard InChI is InChI=1S/C14H20FN3O/c1-10(16)13-8-4-5-9-18(13)14(19)17-12-7-3-2-6-11(12)15/h2-3,6-7,10,13H,4-5,8-9,16H2,1H3,(H,17,19). The van der Waals surface area contributed by atoms with Crippen LogP contribution in [0.15, 0.2) is 24.3 Å². The summed E-state index contributed by atoms with van der Waals surface area (Å²) in [6.07, 6.45) is 2.95. The number of piperidine rings is 1. The molecule has 1 saturated heterocycles. The molecule has 0 aromatic heterocycles. The normalized spacial score (nSPS) is 21.0. The zero-order valence-electron chi connectivity index (χ0n) is 11.1. The van der Waals surface area contributed by atoms with Crippen LogP contribution in [0.1, 0.15) is 26.2 Å². The Balaban J connectivity index is 2.08. The summed E-state index contributed by atoms with van der Waals surface area (Å²) in [6.45, 7) is 2.58. The van der Waals surface area contributed by atoms with Gasteiger partial charge in [-0.2, -0.15) is 0 Å². The van der Waals surface area contributed by atoms with Crippen LogP contribution in [-0.4, -0.2) is 29.6 Å². The van der Waals surface area contributed by atoms with Gasteiger partial charge >= 0.3 is 6.03 Å². The average molecular weight is 265 g/mol. The minimum Gasteiger partial charge on any atom is -0.326 e. The van der Waals surface area contributed by atoms with Crippen molar-refractivity contribution in [3.63, 3.8) is 0 Å². The van der Waals surface area contributed by atoms with Gasteiger partial charge in [0.2, 0.25) is 0 Å². The number of hydrogen-bond acceptors (Lipinski definition) is 2. The van der Waals surface area contributed by atoms with E-state index in [4.69, 9.17) is 5.73 Å². The third-order valence-electron chi connectivity index (χ3n) is 3.53. The number of nitrogens with zero attached hydrogens (tertiary/aromatic N) is 1. The molecular weight excluding hydrogens is 245 g/mol. The van der Waals surface area contributed by atoms with Gasteiger partial charge in [0.05, 0.1) is 5.69 Å². The quantitative estimate of drug-likeness (QED) is 0.863. The molecule has 3 N–H and O–H groups in total. The summed E-state index contributed by atoms with van der Waals surface area (Å²) in [4.78, 5) is 14.0. The van der Waals surface area contributed by atoms with Gasteiger partial charge in [-0.15, -0.1) is 0 Å². The van der Waals surface area contributed by atoms with Crippen LogP contribution in [0.25, 0.3) is 0 Å². The summed E-state index contributed by atoms with van der Waals surface area (Å²) >= 11 is 0. The van der Waals surface area contributed by atoms with Crippen LogP contribution in [-0.2, 0) is 0 Å². The van der Waals surface area contributed by atoms with E-state index in [2.05, 4.69) is 5.32 Å². The van der Waals surface area contributed by atoms with E-state index in [1.54, 1.807) is 23.1 Å². The van der Waals surface area contributed by atoms with E-state index < -0.39 is 5.82 Å². The van der Waals surface area contributed by atoms with Gasteiger partial charge < -0.3 is 16.0 Å². The molecule has 2 unspecified atom stereocenters. The first-order chi connectivity index (χ1) is 9.09. The molecule has 1 fully saturated rings. The molecule has 1 heterocycles. The Hall–Kier alpha value is -1.62. The minimum absolute atomic E-state index is 0.0283. The molecule has 0 aliphatic carbocycles. The number of nitrogens with two attached hydrogens (primary N) is 1. The molecule has 4 nitrogen and oxygen atoms in total. The number of hydrogen-bond donors (Lipinski definition) is 2. The number of para-hydroxylation sites is 1. The number of anilines is 1. The molecule has 1 aliphatic rings. The summed E-state index contributed by atoms with van der Waals surface area (Å²) in [6, 6.07) is 5.85. The van der Waals surface area contributed by atoms with Crippen molar-refractivity contribution in [2.24, 2.45) is 5.73 Å². The lowest BCUT2D eigenvalue weighted by atomic mass is 9.97. The average Bonchev–Trinajstić information content (AvgIpc) is 2.41. The lowest BCUT2D eigenvalue weighted by Crippen LogP contribution is -2.53. The molecule has 2 amide bonds. The van der Waals surface area contributed by atoms with Crippen LogP contribution in [0.5, 0.6) is 0 Å². The van der Waals surface area contributed by atoms with Crippen molar-refractivity contribution in [1.82, 2.24) is 4.90 Å². The first-order valence-electron chi connectivity index (χ1n) is 6.67. The second-order valence-electron chi connectivity index (χ2n) is 5.03. The van der Waals surface area contributed by atoms with Crippen molar-refractivity contribution in [3.05, 3.63) is 30.1 Å². The third-order valence-corrected chi connectivity index (χ3v) is 3.53. The maximum absolute atomic E-state index is 13.5. The Morgan fingerprint density at radius 1 is 1.47 bits per heavy atom. The SMILES string of the molecule is CC(N)C1CCCCN1C(=O)Nc1ccccc1F. The lowest BCUT2D eigenvalue weighted by molar-refractivity contribution is 0.151. The number of carbonyl (C=O) groups excluding carboxylic acids is 1. The highest BCUT2D eigenvalue weighted by molar-refractivity contribution is 5.89. The zero-order valence-corrected chi connectivity index (χ0v) is 11.1. The number of amides is 2. The van der Waals surface area contributed by atoms with Crippen LogP contribution < -0.4 is 11.1 Å².